The molecule has 0 radical (unpaired) electrons. The summed E-state index contributed by atoms with van der Waals surface area (Å²) in [6.07, 6.45) is -1.15. The van der Waals surface area contributed by atoms with Crippen LogP contribution in [-0.2, 0) is 14.3 Å². The molecule has 10 heteroatoms. The highest BCUT2D eigenvalue weighted by Crippen LogP contribution is 2.29. The van der Waals surface area contributed by atoms with Crippen LogP contribution in [0.15, 0.2) is 42.5 Å². The third-order valence-electron chi connectivity index (χ3n) is 4.64. The second-order valence-electron chi connectivity index (χ2n) is 6.81. The van der Waals surface area contributed by atoms with Crippen molar-refractivity contribution in [3.8, 4) is 11.5 Å². The minimum atomic E-state index is -1.05. The number of hydrogen-bond acceptors (Lipinski definition) is 7. The number of nitrogens with one attached hydrogen (secondary N) is 3. The van der Waals surface area contributed by atoms with Gasteiger partial charge in [-0.2, -0.15) is 5.10 Å². The van der Waals surface area contributed by atoms with Gasteiger partial charge in [0.05, 0.1) is 31.8 Å². The Hall–Kier alpha value is -4.08. The fraction of sp³-hybridized carbons (Fsp3) is 0.273. The van der Waals surface area contributed by atoms with Crippen molar-refractivity contribution >= 4 is 34.4 Å². The standard InChI is InChI=1S/C22H24N4O6/c1-13(21(28)24-17-12-14(30-2)8-9-18(17)31-3)32-19(27)10-11-23-22(29)20-15-6-4-5-7-16(15)25-26-20/h4-9,12-13H,10-11H2,1-3H3,(H,23,29)(H,24,28)(H,25,26). The minimum absolute atomic E-state index is 0.0386. The zero-order valence-electron chi connectivity index (χ0n) is 17.9. The van der Waals surface area contributed by atoms with Crippen molar-refractivity contribution in [2.45, 2.75) is 19.4 Å². The van der Waals surface area contributed by atoms with Crippen LogP contribution in [0, 0.1) is 0 Å². The van der Waals surface area contributed by atoms with E-state index in [1.165, 1.54) is 21.1 Å². The van der Waals surface area contributed by atoms with Crippen LogP contribution in [0.2, 0.25) is 0 Å². The molecular formula is C22H24N4O6. The SMILES string of the molecule is COc1ccc(OC)c(NC(=O)C(C)OC(=O)CCNC(=O)c2n[nH]c3ccccc23)c1. The summed E-state index contributed by atoms with van der Waals surface area (Å²) in [6.45, 7) is 1.49. The number of ether oxygens (including phenoxy) is 3. The van der Waals surface area contributed by atoms with Crippen LogP contribution >= 0.6 is 0 Å². The van der Waals surface area contributed by atoms with Gasteiger partial charge in [0.25, 0.3) is 11.8 Å². The smallest absolute Gasteiger partial charge is 0.308 e. The number of benzene rings is 2. The van der Waals surface area contributed by atoms with Crippen LogP contribution in [0.1, 0.15) is 23.8 Å². The number of esters is 1. The van der Waals surface area contributed by atoms with Crippen LogP contribution in [0.4, 0.5) is 5.69 Å². The molecule has 0 spiro atoms. The van der Waals surface area contributed by atoms with Gasteiger partial charge in [-0.25, -0.2) is 0 Å². The second kappa shape index (κ2) is 10.3. The summed E-state index contributed by atoms with van der Waals surface area (Å²) in [5.41, 5.74) is 1.37. The molecule has 3 N–H and O–H groups in total. The summed E-state index contributed by atoms with van der Waals surface area (Å²) in [5, 5.41) is 12.7. The third kappa shape index (κ3) is 5.34. The second-order valence-corrected chi connectivity index (χ2v) is 6.81. The molecule has 3 rings (SSSR count). The summed E-state index contributed by atoms with van der Waals surface area (Å²) in [4.78, 5) is 36.8. The topological polar surface area (TPSA) is 132 Å². The molecule has 0 aliphatic carbocycles. The molecule has 0 saturated heterocycles. The van der Waals surface area contributed by atoms with Crippen LogP contribution < -0.4 is 20.1 Å². The van der Waals surface area contributed by atoms with Gasteiger partial charge < -0.3 is 24.8 Å². The largest absolute Gasteiger partial charge is 0.497 e. The van der Waals surface area contributed by atoms with E-state index >= 15 is 0 Å². The van der Waals surface area contributed by atoms with Gasteiger partial charge in [0.2, 0.25) is 0 Å². The van der Waals surface area contributed by atoms with Crippen molar-refractivity contribution < 1.29 is 28.6 Å². The predicted octanol–water partition coefficient (Wildman–Crippen LogP) is 2.27. The number of hydrogen-bond donors (Lipinski definition) is 3. The average Bonchev–Trinajstić information content (AvgIpc) is 3.23. The van der Waals surface area contributed by atoms with Crippen LogP contribution in [0.5, 0.6) is 11.5 Å². The van der Waals surface area contributed by atoms with Crippen molar-refractivity contribution in [2.24, 2.45) is 0 Å². The fourth-order valence-electron chi connectivity index (χ4n) is 2.95. The van der Waals surface area contributed by atoms with Gasteiger partial charge in [-0.05, 0) is 25.1 Å². The predicted molar refractivity (Wildman–Crippen MR) is 117 cm³/mol. The Kier molecular flexibility index (Phi) is 7.27. The molecule has 0 saturated carbocycles. The first-order chi connectivity index (χ1) is 15.4. The Morgan fingerprint density at radius 1 is 1.09 bits per heavy atom. The number of fused-ring (bicyclic) bond motifs is 1. The first-order valence-electron chi connectivity index (χ1n) is 9.86. The molecule has 0 aliphatic rings. The Morgan fingerprint density at radius 3 is 2.62 bits per heavy atom. The molecule has 1 heterocycles. The van der Waals surface area contributed by atoms with Crippen molar-refractivity contribution in [2.75, 3.05) is 26.1 Å². The summed E-state index contributed by atoms with van der Waals surface area (Å²) in [6, 6.07) is 12.2. The third-order valence-corrected chi connectivity index (χ3v) is 4.64. The lowest BCUT2D eigenvalue weighted by Crippen LogP contribution is -2.32. The van der Waals surface area contributed by atoms with Crippen molar-refractivity contribution in [3.05, 3.63) is 48.2 Å². The number of aromatic amines is 1. The number of para-hydroxylation sites is 1. The number of H-pyrrole nitrogens is 1. The van der Waals surface area contributed by atoms with Crippen molar-refractivity contribution in [1.29, 1.82) is 0 Å². The van der Waals surface area contributed by atoms with E-state index in [1.54, 1.807) is 30.3 Å². The van der Waals surface area contributed by atoms with Gasteiger partial charge in [-0.3, -0.25) is 19.5 Å². The number of carbonyl (C=O) groups is 3. The van der Waals surface area contributed by atoms with Gasteiger partial charge in [-0.1, -0.05) is 18.2 Å². The molecule has 1 unspecified atom stereocenters. The molecule has 168 valence electrons. The van der Waals surface area contributed by atoms with Crippen LogP contribution in [0.25, 0.3) is 10.9 Å². The number of rotatable bonds is 9. The van der Waals surface area contributed by atoms with Gasteiger partial charge in [0.15, 0.2) is 11.8 Å². The molecular weight excluding hydrogens is 416 g/mol. The molecule has 3 aromatic rings. The van der Waals surface area contributed by atoms with Crippen LogP contribution in [-0.4, -0.2) is 54.8 Å². The van der Waals surface area contributed by atoms with E-state index in [0.717, 1.165) is 5.52 Å². The highest BCUT2D eigenvalue weighted by atomic mass is 16.5. The molecule has 2 aromatic carbocycles. The number of anilines is 1. The number of nitrogens with zero attached hydrogens (tertiary/aromatic N) is 1. The summed E-state index contributed by atoms with van der Waals surface area (Å²) < 4.78 is 15.5. The maximum atomic E-state index is 12.4. The maximum Gasteiger partial charge on any atom is 0.308 e. The van der Waals surface area contributed by atoms with E-state index < -0.39 is 23.9 Å². The molecule has 32 heavy (non-hydrogen) atoms. The summed E-state index contributed by atoms with van der Waals surface area (Å²) in [7, 11) is 2.98. The van der Waals surface area contributed by atoms with Gasteiger partial charge in [-0.15, -0.1) is 0 Å². The van der Waals surface area contributed by atoms with Gasteiger partial charge in [0, 0.05) is 18.0 Å². The highest BCUT2D eigenvalue weighted by molar-refractivity contribution is 6.04. The summed E-state index contributed by atoms with van der Waals surface area (Å²) in [5.74, 6) is -0.599. The summed E-state index contributed by atoms with van der Waals surface area (Å²) >= 11 is 0. The highest BCUT2D eigenvalue weighted by Gasteiger charge is 2.20. The molecule has 0 bridgehead atoms. The maximum absolute atomic E-state index is 12.4. The molecule has 0 aliphatic heterocycles. The first-order valence-corrected chi connectivity index (χ1v) is 9.86. The Bertz CT molecular complexity index is 1130. The van der Waals surface area contributed by atoms with Gasteiger partial charge >= 0.3 is 5.97 Å². The zero-order chi connectivity index (χ0) is 23.1. The van der Waals surface area contributed by atoms with E-state index in [9.17, 15) is 14.4 Å². The van der Waals surface area contributed by atoms with E-state index in [1.807, 2.05) is 12.1 Å². The first kappa shape index (κ1) is 22.6. The van der Waals surface area contributed by atoms with Gasteiger partial charge in [0.1, 0.15) is 11.5 Å². The number of amides is 2. The lowest BCUT2D eigenvalue weighted by atomic mass is 10.2. The average molecular weight is 440 g/mol. The molecule has 1 atom stereocenters. The Morgan fingerprint density at radius 2 is 1.88 bits per heavy atom. The van der Waals surface area contributed by atoms with E-state index in [4.69, 9.17) is 14.2 Å². The normalized spacial score (nSPS) is 11.5. The Balaban J connectivity index is 1.48. The minimum Gasteiger partial charge on any atom is -0.497 e. The molecule has 10 nitrogen and oxygen atoms in total. The molecule has 0 fully saturated rings. The number of methoxy groups -OCH3 is 2. The number of aromatic nitrogens is 2. The van der Waals surface area contributed by atoms with E-state index in [-0.39, 0.29) is 18.7 Å². The lowest BCUT2D eigenvalue weighted by molar-refractivity contribution is -0.153. The van der Waals surface area contributed by atoms with Crippen molar-refractivity contribution in [1.82, 2.24) is 15.5 Å². The Labute approximate surface area is 184 Å². The van der Waals surface area contributed by atoms with Crippen LogP contribution in [0.3, 0.4) is 0 Å². The lowest BCUT2D eigenvalue weighted by Gasteiger charge is -2.16. The monoisotopic (exact) mass is 440 g/mol. The molecule has 2 amide bonds. The van der Waals surface area contributed by atoms with E-state index in [2.05, 4.69) is 20.8 Å². The van der Waals surface area contributed by atoms with E-state index in [0.29, 0.717) is 22.6 Å². The zero-order valence-corrected chi connectivity index (χ0v) is 17.9. The number of carbonyl (C=O) groups excluding carboxylic acids is 3. The van der Waals surface area contributed by atoms with Crippen molar-refractivity contribution in [3.63, 3.8) is 0 Å². The fourth-order valence-corrected chi connectivity index (χ4v) is 2.95. The quantitative estimate of drug-likeness (QED) is 0.435. The molecule has 1 aromatic heterocycles.